The van der Waals surface area contributed by atoms with Gasteiger partial charge >= 0.3 is 0 Å². The second-order valence-electron chi connectivity index (χ2n) is 6.66. The van der Waals surface area contributed by atoms with Crippen LogP contribution in [0, 0.1) is 11.3 Å². The Hall–Kier alpha value is -2.98. The summed E-state index contributed by atoms with van der Waals surface area (Å²) in [7, 11) is 0. The smallest absolute Gasteiger partial charge is 0.235 e. The third-order valence-corrected chi connectivity index (χ3v) is 4.33. The molecule has 0 saturated carbocycles. The van der Waals surface area contributed by atoms with Gasteiger partial charge in [0.15, 0.2) is 0 Å². The molecule has 1 fully saturated rings. The lowest BCUT2D eigenvalue weighted by Gasteiger charge is -2.36. The van der Waals surface area contributed by atoms with E-state index in [4.69, 9.17) is 15.2 Å². The topological polar surface area (TPSA) is 96.4 Å². The molecule has 1 aromatic heterocycles. The lowest BCUT2D eigenvalue weighted by atomic mass is 10.2. The minimum Gasteiger partial charge on any atom is -0.477 e. The van der Waals surface area contributed by atoms with E-state index in [0.29, 0.717) is 18.1 Å². The van der Waals surface area contributed by atoms with E-state index < -0.39 is 0 Å². The van der Waals surface area contributed by atoms with E-state index in [0.717, 1.165) is 24.5 Å². The first-order chi connectivity index (χ1) is 13.0. The zero-order valence-electron chi connectivity index (χ0n) is 15.9. The maximum Gasteiger partial charge on any atom is 0.235 e. The third-order valence-electron chi connectivity index (χ3n) is 4.33. The lowest BCUT2D eigenvalue weighted by Crippen LogP contribution is -2.45. The van der Waals surface area contributed by atoms with Crippen molar-refractivity contribution in [2.45, 2.75) is 33.0 Å². The summed E-state index contributed by atoms with van der Waals surface area (Å²) in [6, 6.07) is 11.8. The fraction of sp³-hybridized carbons (Fsp3) is 0.400. The number of aromatic nitrogens is 1. The van der Waals surface area contributed by atoms with E-state index >= 15 is 0 Å². The first-order valence-corrected chi connectivity index (χ1v) is 9.11. The Morgan fingerprint density at radius 3 is 2.56 bits per heavy atom. The average Bonchev–Trinajstić information content (AvgIpc) is 2.62. The molecule has 0 amide bonds. The number of anilines is 4. The van der Waals surface area contributed by atoms with Crippen LogP contribution >= 0.6 is 0 Å². The summed E-state index contributed by atoms with van der Waals surface area (Å²) in [5.41, 5.74) is 8.60. The Morgan fingerprint density at radius 1 is 1.30 bits per heavy atom. The van der Waals surface area contributed by atoms with Gasteiger partial charge in [0.2, 0.25) is 5.88 Å². The van der Waals surface area contributed by atoms with Crippen LogP contribution < -0.4 is 20.7 Å². The number of nitrogens with one attached hydrogen (secondary N) is 1. The van der Waals surface area contributed by atoms with Gasteiger partial charge in [-0.3, -0.25) is 0 Å². The van der Waals surface area contributed by atoms with Crippen molar-refractivity contribution in [3.8, 4) is 11.9 Å². The van der Waals surface area contributed by atoms with Gasteiger partial charge in [0.05, 0.1) is 24.5 Å². The first kappa shape index (κ1) is 18.8. The predicted molar refractivity (Wildman–Crippen MR) is 106 cm³/mol. The molecule has 0 spiro atoms. The van der Waals surface area contributed by atoms with Gasteiger partial charge in [-0.05, 0) is 45.0 Å². The number of nitrogens with zero attached hydrogens (tertiary/aromatic N) is 3. The zero-order valence-corrected chi connectivity index (χ0v) is 15.9. The van der Waals surface area contributed by atoms with Crippen LogP contribution in [0.4, 0.5) is 22.9 Å². The molecule has 142 valence electrons. The molecule has 3 rings (SSSR count). The highest BCUT2D eigenvalue weighted by molar-refractivity contribution is 5.68. The maximum absolute atomic E-state index is 9.21. The van der Waals surface area contributed by atoms with Crippen molar-refractivity contribution in [3.63, 3.8) is 0 Å². The molecule has 0 bridgehead atoms. The Labute approximate surface area is 159 Å². The third kappa shape index (κ3) is 4.41. The Bertz CT molecular complexity index is 822. The predicted octanol–water partition coefficient (Wildman–Crippen LogP) is 3.29. The minimum absolute atomic E-state index is 0.217. The molecular formula is C20H25N5O2. The van der Waals surface area contributed by atoms with Crippen molar-refractivity contribution >= 4 is 22.9 Å². The highest BCUT2D eigenvalue weighted by Gasteiger charge is 2.22. The van der Waals surface area contributed by atoms with Gasteiger partial charge < -0.3 is 25.4 Å². The molecule has 3 N–H and O–H groups in total. The summed E-state index contributed by atoms with van der Waals surface area (Å²) in [6.07, 6.45) is 0.434. The monoisotopic (exact) mass is 367 g/mol. The average molecular weight is 367 g/mol. The summed E-state index contributed by atoms with van der Waals surface area (Å²) in [6.45, 7) is 8.19. The highest BCUT2D eigenvalue weighted by Crippen LogP contribution is 2.28. The summed E-state index contributed by atoms with van der Waals surface area (Å²) < 4.78 is 11.2. The number of ether oxygens (including phenoxy) is 2. The van der Waals surface area contributed by atoms with E-state index in [2.05, 4.69) is 41.2 Å². The molecule has 2 atom stereocenters. The summed E-state index contributed by atoms with van der Waals surface area (Å²) >= 11 is 0. The van der Waals surface area contributed by atoms with E-state index in [-0.39, 0.29) is 23.7 Å². The van der Waals surface area contributed by atoms with Crippen LogP contribution in [-0.4, -0.2) is 36.9 Å². The highest BCUT2D eigenvalue weighted by atomic mass is 16.5. The summed E-state index contributed by atoms with van der Waals surface area (Å²) in [5, 5.41) is 12.4. The maximum atomic E-state index is 9.21. The van der Waals surface area contributed by atoms with Crippen LogP contribution in [0.15, 0.2) is 30.3 Å². The quantitative estimate of drug-likeness (QED) is 0.837. The molecule has 0 radical (unpaired) electrons. The van der Waals surface area contributed by atoms with Crippen LogP contribution in [0.5, 0.6) is 5.88 Å². The van der Waals surface area contributed by atoms with Gasteiger partial charge in [-0.25, -0.2) is 0 Å². The van der Waals surface area contributed by atoms with Crippen LogP contribution in [0.1, 0.15) is 26.3 Å². The largest absolute Gasteiger partial charge is 0.477 e. The van der Waals surface area contributed by atoms with Gasteiger partial charge in [-0.15, -0.1) is 0 Å². The van der Waals surface area contributed by atoms with Gasteiger partial charge in [0.25, 0.3) is 0 Å². The standard InChI is InChI=1S/C20H25N5O2/c1-4-26-20-17(10-21)18(22)9-19(24-20)23-15-5-7-16(8-6-15)25-11-13(2)27-14(3)12-25/h5-9,13-14H,4,11-12H2,1-3H3,(H3,22,23,24). The van der Waals surface area contributed by atoms with Crippen molar-refractivity contribution < 1.29 is 9.47 Å². The van der Waals surface area contributed by atoms with Gasteiger partial charge in [0.1, 0.15) is 17.5 Å². The number of nitrogen functional groups attached to an aromatic ring is 1. The van der Waals surface area contributed by atoms with E-state index in [1.807, 2.05) is 25.1 Å². The molecule has 27 heavy (non-hydrogen) atoms. The number of morpholine rings is 1. The lowest BCUT2D eigenvalue weighted by molar-refractivity contribution is -0.00521. The van der Waals surface area contributed by atoms with Crippen molar-refractivity contribution in [2.24, 2.45) is 0 Å². The van der Waals surface area contributed by atoms with Crippen LogP contribution in [0.3, 0.4) is 0 Å². The first-order valence-electron chi connectivity index (χ1n) is 9.11. The zero-order chi connectivity index (χ0) is 19.4. The molecule has 1 aliphatic rings. The van der Waals surface area contributed by atoms with E-state index in [1.54, 1.807) is 6.07 Å². The number of nitriles is 1. The molecule has 7 nitrogen and oxygen atoms in total. The number of pyridine rings is 1. The van der Waals surface area contributed by atoms with Crippen LogP contribution in [-0.2, 0) is 4.74 Å². The minimum atomic E-state index is 0.217. The molecule has 2 unspecified atom stereocenters. The number of nitrogens with two attached hydrogens (primary N) is 1. The number of rotatable bonds is 5. The Morgan fingerprint density at radius 2 is 1.96 bits per heavy atom. The molecule has 7 heteroatoms. The van der Waals surface area contributed by atoms with E-state index in [9.17, 15) is 5.26 Å². The van der Waals surface area contributed by atoms with E-state index in [1.165, 1.54) is 0 Å². The Balaban J connectivity index is 1.76. The second kappa shape index (κ2) is 8.14. The summed E-state index contributed by atoms with van der Waals surface area (Å²) in [5.74, 6) is 0.784. The van der Waals surface area contributed by atoms with Crippen molar-refractivity contribution in [1.82, 2.24) is 4.98 Å². The number of benzene rings is 1. The number of hydrogen-bond donors (Lipinski definition) is 2. The van der Waals surface area contributed by atoms with Crippen molar-refractivity contribution in [2.75, 3.05) is 35.6 Å². The molecule has 1 saturated heterocycles. The van der Waals surface area contributed by atoms with Crippen molar-refractivity contribution in [1.29, 1.82) is 5.26 Å². The normalized spacial score (nSPS) is 19.4. The van der Waals surface area contributed by atoms with Gasteiger partial charge in [-0.1, -0.05) is 0 Å². The van der Waals surface area contributed by atoms with Crippen molar-refractivity contribution in [3.05, 3.63) is 35.9 Å². The molecule has 1 aromatic carbocycles. The van der Waals surface area contributed by atoms with Crippen LogP contribution in [0.25, 0.3) is 0 Å². The summed E-state index contributed by atoms with van der Waals surface area (Å²) in [4.78, 5) is 6.69. The Kier molecular flexibility index (Phi) is 5.67. The SMILES string of the molecule is CCOc1nc(Nc2ccc(N3CC(C)OC(C)C3)cc2)cc(N)c1C#N. The van der Waals surface area contributed by atoms with Gasteiger partial charge in [-0.2, -0.15) is 10.2 Å². The molecule has 2 heterocycles. The molecule has 1 aliphatic heterocycles. The molecule has 0 aliphatic carbocycles. The molecular weight excluding hydrogens is 342 g/mol. The fourth-order valence-electron chi connectivity index (χ4n) is 3.25. The fourth-order valence-corrected chi connectivity index (χ4v) is 3.25. The van der Waals surface area contributed by atoms with Crippen LogP contribution in [0.2, 0.25) is 0 Å². The second-order valence-corrected chi connectivity index (χ2v) is 6.66. The number of hydrogen-bond acceptors (Lipinski definition) is 7. The van der Waals surface area contributed by atoms with Gasteiger partial charge in [0, 0.05) is 30.5 Å². The molecule has 2 aromatic rings.